The topological polar surface area (TPSA) is 66.4 Å². The van der Waals surface area contributed by atoms with Gasteiger partial charge in [0.15, 0.2) is 23.0 Å². The van der Waals surface area contributed by atoms with E-state index in [9.17, 15) is 5.11 Å². The molecule has 1 N–H and O–H groups in total. The molecule has 0 bridgehead atoms. The molecule has 3 atom stereocenters. The third-order valence-corrected chi connectivity index (χ3v) is 4.83. The second kappa shape index (κ2) is 6.04. The fourth-order valence-electron chi connectivity index (χ4n) is 3.58. The Bertz CT molecular complexity index is 803. The van der Waals surface area contributed by atoms with E-state index in [2.05, 4.69) is 0 Å². The Hall–Kier alpha value is -2.60. The first-order chi connectivity index (χ1) is 12.1. The van der Waals surface area contributed by atoms with E-state index < -0.39 is 6.29 Å². The monoisotopic (exact) mass is 344 g/mol. The summed E-state index contributed by atoms with van der Waals surface area (Å²) in [6, 6.07) is 9.44. The molecule has 0 unspecified atom stereocenters. The zero-order chi connectivity index (χ0) is 17.6. The van der Waals surface area contributed by atoms with Crippen LogP contribution in [0.5, 0.6) is 28.7 Å². The van der Waals surface area contributed by atoms with E-state index in [0.29, 0.717) is 28.7 Å². The molecule has 0 aromatic heterocycles. The van der Waals surface area contributed by atoms with Gasteiger partial charge in [-0.2, -0.15) is 0 Å². The van der Waals surface area contributed by atoms with Crippen LogP contribution in [-0.4, -0.2) is 32.4 Å². The van der Waals surface area contributed by atoms with Gasteiger partial charge in [-0.05, 0) is 12.1 Å². The molecule has 0 fully saturated rings. The first-order valence-corrected chi connectivity index (χ1v) is 8.13. The molecule has 0 amide bonds. The maximum atomic E-state index is 10.4. The highest BCUT2D eigenvalue weighted by molar-refractivity contribution is 5.59. The Kier molecular flexibility index (Phi) is 3.84. The molecule has 2 aliphatic heterocycles. The van der Waals surface area contributed by atoms with Gasteiger partial charge >= 0.3 is 0 Å². The van der Waals surface area contributed by atoms with Crippen molar-refractivity contribution in [3.8, 4) is 28.7 Å². The summed E-state index contributed by atoms with van der Waals surface area (Å²) in [6.45, 7) is 2.13. The van der Waals surface area contributed by atoms with Crippen molar-refractivity contribution in [2.45, 2.75) is 19.1 Å². The van der Waals surface area contributed by atoms with Gasteiger partial charge in [0.05, 0.1) is 14.2 Å². The first-order valence-electron chi connectivity index (χ1n) is 8.13. The molecule has 4 rings (SSSR count). The third kappa shape index (κ3) is 2.44. The first kappa shape index (κ1) is 15.9. The van der Waals surface area contributed by atoms with Crippen LogP contribution in [0.4, 0.5) is 0 Å². The minimum absolute atomic E-state index is 0.140. The summed E-state index contributed by atoms with van der Waals surface area (Å²) in [5.41, 5.74) is 1.85. The summed E-state index contributed by atoms with van der Waals surface area (Å²) in [6.07, 6.45) is -0.936. The number of benzene rings is 2. The predicted octanol–water partition coefficient (Wildman–Crippen LogP) is 2.91. The second-order valence-corrected chi connectivity index (χ2v) is 6.17. The van der Waals surface area contributed by atoms with Gasteiger partial charge in [0.25, 0.3) is 0 Å². The van der Waals surface area contributed by atoms with Gasteiger partial charge in [-0.25, -0.2) is 0 Å². The minimum atomic E-state index is -0.936. The van der Waals surface area contributed by atoms with Crippen molar-refractivity contribution >= 4 is 0 Å². The normalized spacial score (nSPS) is 23.6. The Morgan fingerprint density at radius 3 is 2.48 bits per heavy atom. The smallest absolute Gasteiger partial charge is 0.231 e. The molecule has 2 aromatic carbocycles. The zero-order valence-electron chi connectivity index (χ0n) is 14.3. The zero-order valence-corrected chi connectivity index (χ0v) is 14.3. The van der Waals surface area contributed by atoms with Crippen LogP contribution < -0.4 is 23.7 Å². The van der Waals surface area contributed by atoms with Crippen molar-refractivity contribution in [3.05, 3.63) is 41.5 Å². The average molecular weight is 344 g/mol. The predicted molar refractivity (Wildman–Crippen MR) is 89.8 cm³/mol. The summed E-state index contributed by atoms with van der Waals surface area (Å²) >= 11 is 0. The molecule has 0 spiro atoms. The van der Waals surface area contributed by atoms with E-state index in [4.69, 9.17) is 23.7 Å². The number of hydrogen-bond acceptors (Lipinski definition) is 6. The SMILES string of the molecule is COc1cccc([C@H]2c3cc4c(cc3O[C@H](O)[C@H]2C)OCO4)c1OC. The van der Waals surface area contributed by atoms with Gasteiger partial charge in [0, 0.05) is 29.0 Å². The van der Waals surface area contributed by atoms with Crippen LogP contribution in [0.25, 0.3) is 0 Å². The quantitative estimate of drug-likeness (QED) is 0.923. The Morgan fingerprint density at radius 2 is 1.76 bits per heavy atom. The van der Waals surface area contributed by atoms with Crippen LogP contribution in [0.1, 0.15) is 24.0 Å². The van der Waals surface area contributed by atoms with E-state index in [1.807, 2.05) is 31.2 Å². The van der Waals surface area contributed by atoms with Gasteiger partial charge < -0.3 is 28.8 Å². The Balaban J connectivity index is 1.90. The van der Waals surface area contributed by atoms with Crippen LogP contribution >= 0.6 is 0 Å². The molecule has 6 heteroatoms. The number of rotatable bonds is 3. The van der Waals surface area contributed by atoms with E-state index >= 15 is 0 Å². The van der Waals surface area contributed by atoms with E-state index in [1.165, 1.54) is 0 Å². The lowest BCUT2D eigenvalue weighted by Gasteiger charge is -2.36. The number of para-hydroxylation sites is 1. The molecule has 0 saturated heterocycles. The van der Waals surface area contributed by atoms with E-state index in [1.54, 1.807) is 20.3 Å². The number of aliphatic hydroxyl groups excluding tert-OH is 1. The molecule has 2 aromatic rings. The van der Waals surface area contributed by atoms with Crippen molar-refractivity contribution < 1.29 is 28.8 Å². The second-order valence-electron chi connectivity index (χ2n) is 6.17. The van der Waals surface area contributed by atoms with Crippen LogP contribution in [0.2, 0.25) is 0 Å². The molecule has 2 aliphatic rings. The summed E-state index contributed by atoms with van der Waals surface area (Å²) in [4.78, 5) is 0. The lowest BCUT2D eigenvalue weighted by Crippen LogP contribution is -2.34. The lowest BCUT2D eigenvalue weighted by atomic mass is 9.78. The van der Waals surface area contributed by atoms with Crippen molar-refractivity contribution in [3.63, 3.8) is 0 Å². The summed E-state index contributed by atoms with van der Waals surface area (Å²) < 4.78 is 27.7. The van der Waals surface area contributed by atoms with Crippen molar-refractivity contribution in [2.75, 3.05) is 21.0 Å². The van der Waals surface area contributed by atoms with Gasteiger partial charge in [0.1, 0.15) is 5.75 Å². The van der Waals surface area contributed by atoms with Crippen molar-refractivity contribution in [1.29, 1.82) is 0 Å². The van der Waals surface area contributed by atoms with E-state index in [-0.39, 0.29) is 18.6 Å². The molecule has 0 saturated carbocycles. The fraction of sp³-hybridized carbons (Fsp3) is 0.368. The summed E-state index contributed by atoms with van der Waals surface area (Å²) in [7, 11) is 3.22. The number of hydrogen-bond donors (Lipinski definition) is 1. The Labute approximate surface area is 145 Å². The van der Waals surface area contributed by atoms with Crippen LogP contribution in [-0.2, 0) is 0 Å². The number of fused-ring (bicyclic) bond motifs is 2. The molecule has 0 aliphatic carbocycles. The summed E-state index contributed by atoms with van der Waals surface area (Å²) in [5, 5.41) is 10.4. The minimum Gasteiger partial charge on any atom is -0.493 e. The van der Waals surface area contributed by atoms with Crippen molar-refractivity contribution in [1.82, 2.24) is 0 Å². The molecule has 6 nitrogen and oxygen atoms in total. The highest BCUT2D eigenvalue weighted by atomic mass is 16.7. The van der Waals surface area contributed by atoms with E-state index in [0.717, 1.165) is 11.1 Å². The van der Waals surface area contributed by atoms with Gasteiger partial charge in [-0.1, -0.05) is 19.1 Å². The van der Waals surface area contributed by atoms with Crippen molar-refractivity contribution in [2.24, 2.45) is 5.92 Å². The van der Waals surface area contributed by atoms with Crippen LogP contribution in [0.3, 0.4) is 0 Å². The number of ether oxygens (including phenoxy) is 5. The molecule has 0 radical (unpaired) electrons. The van der Waals surface area contributed by atoms with Gasteiger partial charge in [-0.3, -0.25) is 0 Å². The molecular formula is C19H20O6. The van der Waals surface area contributed by atoms with Crippen LogP contribution in [0, 0.1) is 5.92 Å². The van der Waals surface area contributed by atoms with Gasteiger partial charge in [0.2, 0.25) is 13.1 Å². The average Bonchev–Trinajstić information content (AvgIpc) is 3.08. The standard InChI is InChI=1S/C19H20O6/c1-10-17(11-5-4-6-13(21-2)18(11)22-3)12-7-15-16(24-9-23-15)8-14(12)25-19(10)20/h4-8,10,17,19-20H,9H2,1-3H3/t10-,17-,19-/m0/s1. The molecule has 2 heterocycles. The molecular weight excluding hydrogens is 324 g/mol. The largest absolute Gasteiger partial charge is 0.493 e. The fourth-order valence-corrected chi connectivity index (χ4v) is 3.58. The third-order valence-electron chi connectivity index (χ3n) is 4.83. The Morgan fingerprint density at radius 1 is 1.00 bits per heavy atom. The summed E-state index contributed by atoms with van der Waals surface area (Å²) in [5.74, 6) is 2.86. The number of methoxy groups -OCH3 is 2. The molecule has 25 heavy (non-hydrogen) atoms. The molecule has 132 valence electrons. The number of aliphatic hydroxyl groups is 1. The highest BCUT2D eigenvalue weighted by Gasteiger charge is 2.39. The maximum Gasteiger partial charge on any atom is 0.231 e. The lowest BCUT2D eigenvalue weighted by molar-refractivity contribution is -0.0730. The van der Waals surface area contributed by atoms with Crippen LogP contribution in [0.15, 0.2) is 30.3 Å². The maximum absolute atomic E-state index is 10.4. The van der Waals surface area contributed by atoms with Gasteiger partial charge in [-0.15, -0.1) is 0 Å². The highest BCUT2D eigenvalue weighted by Crippen LogP contribution is 2.51.